The Balaban J connectivity index is 1.65. The van der Waals surface area contributed by atoms with Crippen molar-refractivity contribution in [3.63, 3.8) is 0 Å². The van der Waals surface area contributed by atoms with E-state index in [1.54, 1.807) is 0 Å². The average molecular weight is 313 g/mol. The molecule has 124 valence electrons. The molecule has 2 aliphatic carbocycles. The summed E-state index contributed by atoms with van der Waals surface area (Å²) in [6, 6.07) is 4.23. The molecule has 3 atom stereocenters. The lowest BCUT2D eigenvalue weighted by Crippen LogP contribution is -2.62. The van der Waals surface area contributed by atoms with Gasteiger partial charge in [-0.15, -0.1) is 0 Å². The van der Waals surface area contributed by atoms with Crippen LogP contribution < -0.4 is 5.32 Å². The SMILES string of the molecule is CC1CC1C(=O)NC(c1ccncc1)C12CCC(CC1)CN2C. The van der Waals surface area contributed by atoms with E-state index in [0.717, 1.165) is 18.9 Å². The van der Waals surface area contributed by atoms with Crippen molar-refractivity contribution in [2.24, 2.45) is 17.8 Å². The number of nitrogens with zero attached hydrogens (tertiary/aromatic N) is 2. The highest BCUT2D eigenvalue weighted by Crippen LogP contribution is 2.49. The van der Waals surface area contributed by atoms with E-state index in [1.165, 1.54) is 31.2 Å². The number of fused-ring (bicyclic) bond motifs is 3. The molecular formula is C19H27N3O. The van der Waals surface area contributed by atoms with E-state index in [-0.39, 0.29) is 23.4 Å². The van der Waals surface area contributed by atoms with Gasteiger partial charge in [-0.25, -0.2) is 0 Å². The minimum absolute atomic E-state index is 0.0733. The standard InChI is InChI=1S/C19H27N3O/c1-13-11-16(13)18(23)21-17(15-5-9-20-10-6-15)19-7-3-14(4-8-19)12-22(19)2/h5-6,9-10,13-14,16-17H,3-4,7-8,11-12H2,1-2H3,(H,21,23). The summed E-state index contributed by atoms with van der Waals surface area (Å²) in [5.74, 6) is 1.86. The summed E-state index contributed by atoms with van der Waals surface area (Å²) in [6.07, 6.45) is 9.69. The third-order valence-corrected chi connectivity index (χ3v) is 6.57. The van der Waals surface area contributed by atoms with Gasteiger partial charge in [0.1, 0.15) is 0 Å². The van der Waals surface area contributed by atoms with Gasteiger partial charge >= 0.3 is 0 Å². The summed E-state index contributed by atoms with van der Waals surface area (Å²) in [5, 5.41) is 3.43. The maximum absolute atomic E-state index is 12.7. The highest BCUT2D eigenvalue weighted by Gasteiger charge is 2.51. The van der Waals surface area contributed by atoms with Gasteiger partial charge in [0, 0.05) is 30.4 Å². The quantitative estimate of drug-likeness (QED) is 0.929. The Bertz CT molecular complexity index is 580. The monoisotopic (exact) mass is 313 g/mol. The molecule has 4 aliphatic rings. The molecule has 2 saturated heterocycles. The fraction of sp³-hybridized carbons (Fsp3) is 0.684. The number of pyridine rings is 1. The van der Waals surface area contributed by atoms with E-state index in [9.17, 15) is 4.79 Å². The van der Waals surface area contributed by atoms with Crippen LogP contribution >= 0.6 is 0 Å². The molecule has 1 aromatic rings. The van der Waals surface area contributed by atoms with Crippen LogP contribution in [-0.2, 0) is 4.79 Å². The zero-order chi connectivity index (χ0) is 16.0. The number of amides is 1. The topological polar surface area (TPSA) is 45.2 Å². The lowest BCUT2D eigenvalue weighted by atomic mass is 9.66. The van der Waals surface area contributed by atoms with Crippen LogP contribution in [0.25, 0.3) is 0 Å². The third-order valence-electron chi connectivity index (χ3n) is 6.57. The number of aromatic nitrogens is 1. The summed E-state index contributed by atoms with van der Waals surface area (Å²) in [7, 11) is 2.24. The molecule has 2 saturated carbocycles. The van der Waals surface area contributed by atoms with Crippen LogP contribution in [0.2, 0.25) is 0 Å². The first-order chi connectivity index (χ1) is 11.1. The van der Waals surface area contributed by atoms with Crippen molar-refractivity contribution in [1.29, 1.82) is 0 Å². The first-order valence-electron chi connectivity index (χ1n) is 9.02. The van der Waals surface area contributed by atoms with Crippen LogP contribution in [0.5, 0.6) is 0 Å². The number of nitrogens with one attached hydrogen (secondary N) is 1. The summed E-state index contributed by atoms with van der Waals surface area (Å²) in [5.41, 5.74) is 1.28. The van der Waals surface area contributed by atoms with E-state index in [1.807, 2.05) is 12.4 Å². The Labute approximate surface area is 138 Å². The highest BCUT2D eigenvalue weighted by molar-refractivity contribution is 5.82. The molecule has 23 heavy (non-hydrogen) atoms. The molecule has 0 radical (unpaired) electrons. The van der Waals surface area contributed by atoms with Crippen LogP contribution in [0.4, 0.5) is 0 Å². The fourth-order valence-electron chi connectivity index (χ4n) is 4.84. The second-order valence-electron chi connectivity index (χ2n) is 7.97. The summed E-state index contributed by atoms with van der Waals surface area (Å²) >= 11 is 0. The zero-order valence-corrected chi connectivity index (χ0v) is 14.2. The molecule has 0 spiro atoms. The second-order valence-corrected chi connectivity index (χ2v) is 7.97. The molecule has 2 aliphatic heterocycles. The van der Waals surface area contributed by atoms with Gasteiger partial charge in [-0.1, -0.05) is 6.92 Å². The van der Waals surface area contributed by atoms with Crippen molar-refractivity contribution in [2.75, 3.05) is 13.6 Å². The van der Waals surface area contributed by atoms with Gasteiger partial charge < -0.3 is 5.32 Å². The van der Waals surface area contributed by atoms with E-state index in [4.69, 9.17) is 0 Å². The molecule has 1 N–H and O–H groups in total. The summed E-state index contributed by atoms with van der Waals surface area (Å²) in [6.45, 7) is 3.33. The maximum atomic E-state index is 12.7. The Hall–Kier alpha value is -1.42. The van der Waals surface area contributed by atoms with Gasteiger partial charge in [-0.05, 0) is 68.7 Å². The van der Waals surface area contributed by atoms with Gasteiger partial charge in [0.2, 0.25) is 5.91 Å². The zero-order valence-electron chi connectivity index (χ0n) is 14.2. The van der Waals surface area contributed by atoms with Crippen molar-refractivity contribution in [3.8, 4) is 0 Å². The van der Waals surface area contributed by atoms with Crippen molar-refractivity contribution in [2.45, 2.75) is 50.6 Å². The molecule has 0 aromatic carbocycles. The van der Waals surface area contributed by atoms with E-state index < -0.39 is 0 Å². The second kappa shape index (κ2) is 5.59. The molecule has 4 fully saturated rings. The first-order valence-corrected chi connectivity index (χ1v) is 9.02. The summed E-state index contributed by atoms with van der Waals surface area (Å²) in [4.78, 5) is 19.4. The lowest BCUT2D eigenvalue weighted by Gasteiger charge is -2.57. The minimum atomic E-state index is 0.0733. The largest absolute Gasteiger partial charge is 0.347 e. The van der Waals surface area contributed by atoms with Crippen LogP contribution in [0.1, 0.15) is 50.6 Å². The Morgan fingerprint density at radius 2 is 2.00 bits per heavy atom. The van der Waals surface area contributed by atoms with Crippen LogP contribution in [0.3, 0.4) is 0 Å². The Morgan fingerprint density at radius 1 is 1.35 bits per heavy atom. The van der Waals surface area contributed by atoms with Crippen LogP contribution in [-0.4, -0.2) is 34.9 Å². The number of hydrogen-bond donors (Lipinski definition) is 1. The Kier molecular flexibility index (Phi) is 3.67. The normalized spacial score (nSPS) is 37.4. The van der Waals surface area contributed by atoms with Gasteiger partial charge in [-0.2, -0.15) is 0 Å². The highest BCUT2D eigenvalue weighted by atomic mass is 16.2. The van der Waals surface area contributed by atoms with Crippen molar-refractivity contribution in [1.82, 2.24) is 15.2 Å². The molecule has 4 heteroatoms. The van der Waals surface area contributed by atoms with Crippen LogP contribution in [0.15, 0.2) is 24.5 Å². The molecule has 5 rings (SSSR count). The molecule has 2 bridgehead atoms. The number of carbonyl (C=O) groups excluding carboxylic acids is 1. The molecule has 1 aromatic heterocycles. The maximum Gasteiger partial charge on any atom is 0.223 e. The Morgan fingerprint density at radius 3 is 2.57 bits per heavy atom. The van der Waals surface area contributed by atoms with Crippen molar-refractivity contribution < 1.29 is 4.79 Å². The average Bonchev–Trinajstić information content (AvgIpc) is 3.31. The fourth-order valence-corrected chi connectivity index (χ4v) is 4.84. The van der Waals surface area contributed by atoms with E-state index in [2.05, 4.69) is 41.3 Å². The van der Waals surface area contributed by atoms with Crippen LogP contribution in [0, 0.1) is 17.8 Å². The predicted molar refractivity (Wildman–Crippen MR) is 89.7 cm³/mol. The number of piperidine rings is 2. The van der Waals surface area contributed by atoms with Crippen molar-refractivity contribution in [3.05, 3.63) is 30.1 Å². The number of likely N-dealkylation sites (N-methyl/N-ethyl adjacent to an activating group) is 1. The number of hydrogen-bond acceptors (Lipinski definition) is 3. The molecule has 3 unspecified atom stereocenters. The van der Waals surface area contributed by atoms with Gasteiger partial charge in [0.05, 0.1) is 6.04 Å². The van der Waals surface area contributed by atoms with Gasteiger partial charge in [0.15, 0.2) is 0 Å². The predicted octanol–water partition coefficient (Wildman–Crippen LogP) is 2.77. The van der Waals surface area contributed by atoms with Gasteiger partial charge in [-0.3, -0.25) is 14.7 Å². The smallest absolute Gasteiger partial charge is 0.223 e. The molecule has 3 heterocycles. The lowest BCUT2D eigenvalue weighted by molar-refractivity contribution is -0.126. The first kappa shape index (κ1) is 15.1. The van der Waals surface area contributed by atoms with Crippen molar-refractivity contribution >= 4 is 5.91 Å². The minimum Gasteiger partial charge on any atom is -0.347 e. The molecular weight excluding hydrogens is 286 g/mol. The molecule has 4 nitrogen and oxygen atoms in total. The third kappa shape index (κ3) is 2.57. The van der Waals surface area contributed by atoms with E-state index >= 15 is 0 Å². The molecule has 1 amide bonds. The number of carbonyl (C=O) groups is 1. The van der Waals surface area contributed by atoms with E-state index in [0.29, 0.717) is 5.92 Å². The summed E-state index contributed by atoms with van der Waals surface area (Å²) < 4.78 is 0. The van der Waals surface area contributed by atoms with Gasteiger partial charge in [0.25, 0.3) is 0 Å². The number of rotatable bonds is 4.